The molecule has 0 fully saturated rings. The molecule has 0 aromatic heterocycles. The van der Waals surface area contributed by atoms with E-state index < -0.39 is 12.1 Å². The van der Waals surface area contributed by atoms with Crippen LogP contribution >= 0.6 is 0 Å². The van der Waals surface area contributed by atoms with Gasteiger partial charge in [0, 0.05) is 46.4 Å². The van der Waals surface area contributed by atoms with Gasteiger partial charge in [0.25, 0.3) is 0 Å². The van der Waals surface area contributed by atoms with Gasteiger partial charge in [-0.05, 0) is 12.0 Å². The Hall–Kier alpha value is -2.08. The molecule has 7 heteroatoms. The van der Waals surface area contributed by atoms with E-state index >= 15 is 0 Å². The minimum atomic E-state index is -0.856. The van der Waals surface area contributed by atoms with Crippen LogP contribution in [-0.4, -0.2) is 47.7 Å². The maximum Gasteiger partial charge on any atom is 0.231 e. The zero-order valence-electron chi connectivity index (χ0n) is 21.6. The number of nitrogens with one attached hydrogen (secondary N) is 2. The first-order chi connectivity index (χ1) is 15.9. The fourth-order valence-electron chi connectivity index (χ4n) is 3.14. The number of rotatable bonds is 10. The van der Waals surface area contributed by atoms with E-state index in [1.807, 2.05) is 76.2 Å². The van der Waals surface area contributed by atoms with Crippen LogP contribution in [0.5, 0.6) is 0 Å². The third kappa shape index (κ3) is 14.2. The van der Waals surface area contributed by atoms with Crippen LogP contribution in [0.15, 0.2) is 48.5 Å². The average molecular weight is 560 g/mol. The minimum absolute atomic E-state index is 0. The van der Waals surface area contributed by atoms with Crippen LogP contribution < -0.4 is 10.7 Å². The number of amides is 2. The molecule has 0 aliphatic rings. The van der Waals surface area contributed by atoms with Gasteiger partial charge in [-0.15, -0.1) is 5.56 Å². The molecule has 0 bridgehead atoms. The second kappa shape index (κ2) is 20.3. The average Bonchev–Trinajstić information content (AvgIpc) is 2.82. The monoisotopic (exact) mass is 559 g/mol. The number of benzene rings is 2. The van der Waals surface area contributed by atoms with Gasteiger partial charge in [-0.2, -0.15) is 29.8 Å². The summed E-state index contributed by atoms with van der Waals surface area (Å²) in [6.45, 7) is 11.7. The molecule has 3 N–H and O–H groups in total. The second-order valence-electron chi connectivity index (χ2n) is 7.23. The molecular weight excluding hydrogens is 517 g/mol. The van der Waals surface area contributed by atoms with Crippen molar-refractivity contribution >= 4 is 11.8 Å². The number of aliphatic hydroxyl groups excluding tert-OH is 1. The second-order valence-corrected chi connectivity index (χ2v) is 7.23. The molecule has 6 nitrogen and oxygen atoms in total. The minimum Gasteiger partial charge on any atom is -0.390 e. The van der Waals surface area contributed by atoms with Crippen molar-refractivity contribution in [3.05, 3.63) is 71.3 Å². The zero-order chi connectivity index (χ0) is 25.2. The number of aryl methyl sites for hydroxylation is 1. The van der Waals surface area contributed by atoms with Crippen molar-refractivity contribution in [2.45, 2.75) is 73.0 Å². The summed E-state index contributed by atoms with van der Waals surface area (Å²) >= 11 is 0. The van der Waals surface area contributed by atoms with Crippen molar-refractivity contribution in [2.75, 3.05) is 13.6 Å². The molecule has 2 atom stereocenters. The maximum atomic E-state index is 12.6. The first kappa shape index (κ1) is 34.1. The van der Waals surface area contributed by atoms with Gasteiger partial charge in [-0.3, -0.25) is 15.0 Å². The predicted octanol–water partition coefficient (Wildman–Crippen LogP) is 3.71. The van der Waals surface area contributed by atoms with Crippen LogP contribution in [0.4, 0.5) is 0 Å². The summed E-state index contributed by atoms with van der Waals surface area (Å²) in [5.41, 5.74) is 5.61. The first-order valence-corrected chi connectivity index (χ1v) is 11.9. The van der Waals surface area contributed by atoms with E-state index in [2.05, 4.69) is 23.7 Å². The molecule has 0 aliphatic heterocycles. The smallest absolute Gasteiger partial charge is 0.231 e. The Morgan fingerprint density at radius 1 is 1.03 bits per heavy atom. The summed E-state index contributed by atoms with van der Waals surface area (Å²) in [5, 5.41) is 15.2. The molecular formula is C27H42N3O3Rh-. The first-order valence-electron chi connectivity index (χ1n) is 11.9. The quantitative estimate of drug-likeness (QED) is 0.236. The third-order valence-corrected chi connectivity index (χ3v) is 4.61. The summed E-state index contributed by atoms with van der Waals surface area (Å²) in [6.07, 6.45) is 0.757. The van der Waals surface area contributed by atoms with E-state index in [0.717, 1.165) is 23.1 Å². The van der Waals surface area contributed by atoms with Crippen molar-refractivity contribution < 1.29 is 34.2 Å². The Bertz CT molecular complexity index is 785. The van der Waals surface area contributed by atoms with Crippen LogP contribution in [0.2, 0.25) is 0 Å². The molecule has 2 aromatic carbocycles. The standard InChI is InChI=1S/C23H30N3O3.2C2H6.Rh/c1-4-18-10-12-20(13-11-18)15-23(29)24-21(14-19-8-6-5-7-9-19)22(28)16-26(3)25-17(2)27;2*1-2;/h5-10,12-13,21-22,28H,4,14-16H2,1-3H3,(H,24,29)(H,25,27);2*1-2H3;/q-1;;;. The molecule has 0 saturated carbocycles. The number of hydrazine groups is 1. The molecule has 193 valence electrons. The summed E-state index contributed by atoms with van der Waals surface area (Å²) in [7, 11) is 1.68. The molecule has 0 spiro atoms. The molecule has 2 amide bonds. The van der Waals surface area contributed by atoms with Crippen LogP contribution in [0.1, 0.15) is 58.2 Å². The van der Waals surface area contributed by atoms with E-state index in [9.17, 15) is 14.7 Å². The Balaban J connectivity index is 0. The molecule has 34 heavy (non-hydrogen) atoms. The fraction of sp³-hybridized carbons (Fsp3) is 0.481. The maximum absolute atomic E-state index is 12.6. The van der Waals surface area contributed by atoms with E-state index in [1.54, 1.807) is 7.05 Å². The topological polar surface area (TPSA) is 81.7 Å². The molecule has 2 unspecified atom stereocenters. The van der Waals surface area contributed by atoms with Crippen molar-refractivity contribution in [1.82, 2.24) is 15.8 Å². The summed E-state index contributed by atoms with van der Waals surface area (Å²) in [5.74, 6) is -0.375. The van der Waals surface area contributed by atoms with E-state index in [4.69, 9.17) is 0 Å². The van der Waals surface area contributed by atoms with Crippen molar-refractivity contribution in [3.63, 3.8) is 0 Å². The van der Waals surface area contributed by atoms with Gasteiger partial charge in [0.15, 0.2) is 0 Å². The van der Waals surface area contributed by atoms with Gasteiger partial charge in [-0.25, -0.2) is 5.01 Å². The van der Waals surface area contributed by atoms with Gasteiger partial charge in [-0.1, -0.05) is 71.4 Å². The number of hydrogen-bond acceptors (Lipinski definition) is 4. The van der Waals surface area contributed by atoms with E-state index in [0.29, 0.717) is 6.42 Å². The van der Waals surface area contributed by atoms with Gasteiger partial charge >= 0.3 is 0 Å². The van der Waals surface area contributed by atoms with Gasteiger partial charge in [0.1, 0.15) is 0 Å². The zero-order valence-corrected chi connectivity index (χ0v) is 23.3. The number of carbonyl (C=O) groups excluding carboxylic acids is 2. The van der Waals surface area contributed by atoms with E-state index in [1.165, 1.54) is 11.9 Å². The van der Waals surface area contributed by atoms with Crippen LogP contribution in [-0.2, 0) is 48.3 Å². The Morgan fingerprint density at radius 2 is 1.65 bits per heavy atom. The molecule has 1 radical (unpaired) electrons. The molecule has 0 heterocycles. The van der Waals surface area contributed by atoms with Crippen LogP contribution in [0.3, 0.4) is 0 Å². The molecule has 0 saturated heterocycles. The van der Waals surface area contributed by atoms with Gasteiger partial charge < -0.3 is 10.4 Å². The Kier molecular flexibility index (Phi) is 20.4. The SMILES string of the molecule is CC.CC.CCc1[c-]cc(CC(=O)NC(Cc2ccccc2)C(O)CN(C)NC(C)=O)cc1.[Rh]. The Labute approximate surface area is 219 Å². The summed E-state index contributed by atoms with van der Waals surface area (Å²) < 4.78 is 0. The van der Waals surface area contributed by atoms with Crippen molar-refractivity contribution in [1.29, 1.82) is 0 Å². The van der Waals surface area contributed by atoms with Gasteiger partial charge in [0.2, 0.25) is 11.8 Å². The summed E-state index contributed by atoms with van der Waals surface area (Å²) in [6, 6.07) is 18.1. The Morgan fingerprint density at radius 3 is 2.15 bits per heavy atom. The van der Waals surface area contributed by atoms with Crippen LogP contribution in [0.25, 0.3) is 0 Å². The fourth-order valence-corrected chi connectivity index (χ4v) is 3.14. The number of hydrogen-bond donors (Lipinski definition) is 3. The molecule has 0 aliphatic carbocycles. The number of carbonyl (C=O) groups is 2. The van der Waals surface area contributed by atoms with Gasteiger partial charge in [0.05, 0.1) is 12.1 Å². The van der Waals surface area contributed by atoms with Crippen molar-refractivity contribution in [2.24, 2.45) is 0 Å². The number of aliphatic hydroxyl groups is 1. The molecule has 2 aromatic rings. The van der Waals surface area contributed by atoms with E-state index in [-0.39, 0.29) is 44.3 Å². The number of nitrogens with zero attached hydrogens (tertiary/aromatic N) is 1. The number of likely N-dealkylation sites (N-methyl/N-ethyl adjacent to an activating group) is 1. The normalized spacial score (nSPS) is 11.4. The largest absolute Gasteiger partial charge is 0.390 e. The van der Waals surface area contributed by atoms with Crippen LogP contribution in [0, 0.1) is 6.07 Å². The molecule has 2 rings (SSSR count). The third-order valence-electron chi connectivity index (χ3n) is 4.61. The summed E-state index contributed by atoms with van der Waals surface area (Å²) in [4.78, 5) is 23.8. The van der Waals surface area contributed by atoms with Crippen molar-refractivity contribution in [3.8, 4) is 0 Å². The predicted molar refractivity (Wildman–Crippen MR) is 136 cm³/mol.